The summed E-state index contributed by atoms with van der Waals surface area (Å²) in [5.41, 5.74) is 4.24. The predicted molar refractivity (Wildman–Crippen MR) is 117 cm³/mol. The van der Waals surface area contributed by atoms with Crippen molar-refractivity contribution in [3.8, 4) is 11.4 Å². The summed E-state index contributed by atoms with van der Waals surface area (Å²) in [5.74, 6) is 0.545. The van der Waals surface area contributed by atoms with Gasteiger partial charge in [-0.15, -0.1) is 0 Å². The fraction of sp³-hybridized carbons (Fsp3) is 0.333. The Morgan fingerprint density at radius 3 is 2.58 bits per heavy atom. The zero-order valence-corrected chi connectivity index (χ0v) is 18.2. The van der Waals surface area contributed by atoms with Crippen LogP contribution in [0.1, 0.15) is 53.8 Å². The molecule has 1 aromatic carbocycles. The van der Waals surface area contributed by atoms with Gasteiger partial charge in [-0.3, -0.25) is 9.69 Å². The smallest absolute Gasteiger partial charge is 0.411 e. The van der Waals surface area contributed by atoms with Gasteiger partial charge in [0.15, 0.2) is 5.78 Å². The third-order valence-electron chi connectivity index (χ3n) is 5.05. The van der Waals surface area contributed by atoms with Gasteiger partial charge in [0.2, 0.25) is 0 Å². The van der Waals surface area contributed by atoms with Crippen molar-refractivity contribution in [3.63, 3.8) is 0 Å². The summed E-state index contributed by atoms with van der Waals surface area (Å²) in [6.07, 6.45) is 1.80. The maximum atomic E-state index is 13.2. The van der Waals surface area contributed by atoms with Crippen LogP contribution in [0.15, 0.2) is 42.6 Å². The van der Waals surface area contributed by atoms with Gasteiger partial charge >= 0.3 is 6.09 Å². The summed E-state index contributed by atoms with van der Waals surface area (Å²) in [5, 5.41) is 0. The minimum atomic E-state index is -0.627. The molecule has 1 amide bonds. The minimum absolute atomic E-state index is 0.0101. The van der Waals surface area contributed by atoms with E-state index in [1.54, 1.807) is 6.20 Å². The van der Waals surface area contributed by atoms with E-state index >= 15 is 0 Å². The monoisotopic (exact) mass is 418 g/mol. The standard InChI is InChI=1S/C24H26N4O3/c1-15-25-11-10-18(26-15)22-17(12-16-8-6-5-7-9-16)21-19(27-22)13-28(14-20(21)29)23(30)31-24(2,3)4/h5-11,27H,12-14H2,1-4H3. The Balaban J connectivity index is 1.76. The van der Waals surface area contributed by atoms with E-state index in [1.807, 2.05) is 64.1 Å². The van der Waals surface area contributed by atoms with Crippen molar-refractivity contribution >= 4 is 11.9 Å². The number of fused-ring (bicyclic) bond motifs is 1. The summed E-state index contributed by atoms with van der Waals surface area (Å²) >= 11 is 0. The van der Waals surface area contributed by atoms with Crippen LogP contribution in [0.25, 0.3) is 11.4 Å². The van der Waals surface area contributed by atoms with Crippen molar-refractivity contribution in [2.75, 3.05) is 6.54 Å². The molecule has 0 unspecified atom stereocenters. The fourth-order valence-corrected chi connectivity index (χ4v) is 3.80. The Kier molecular flexibility index (Phi) is 5.35. The molecule has 1 aliphatic rings. The van der Waals surface area contributed by atoms with Crippen molar-refractivity contribution in [3.05, 3.63) is 70.8 Å². The quantitative estimate of drug-likeness (QED) is 0.685. The number of nitrogens with one attached hydrogen (secondary N) is 1. The van der Waals surface area contributed by atoms with Crippen LogP contribution in [-0.4, -0.2) is 43.9 Å². The van der Waals surface area contributed by atoms with Gasteiger partial charge in [0.1, 0.15) is 11.4 Å². The average Bonchev–Trinajstić information content (AvgIpc) is 3.06. The van der Waals surface area contributed by atoms with Gasteiger partial charge in [0.05, 0.1) is 24.5 Å². The molecular weight excluding hydrogens is 392 g/mol. The SMILES string of the molecule is Cc1nccc(-c2[nH]c3c(c2Cc2ccccc2)C(=O)CN(C(=O)OC(C)(C)C)C3)n1. The Labute approximate surface area is 181 Å². The molecular formula is C24H26N4O3. The number of Topliss-reactive ketones (excluding diaryl/α,β-unsaturated/α-hetero) is 1. The van der Waals surface area contributed by atoms with Gasteiger partial charge in [0.25, 0.3) is 0 Å². The number of aryl methyl sites for hydroxylation is 1. The molecule has 7 heteroatoms. The molecule has 0 fully saturated rings. The summed E-state index contributed by atoms with van der Waals surface area (Å²) in [6.45, 7) is 7.53. The van der Waals surface area contributed by atoms with Crippen LogP contribution in [0.5, 0.6) is 0 Å². The van der Waals surface area contributed by atoms with Crippen molar-refractivity contribution in [1.29, 1.82) is 0 Å². The maximum absolute atomic E-state index is 13.2. The molecule has 0 radical (unpaired) electrons. The second-order valence-electron chi connectivity index (χ2n) is 8.74. The first-order valence-electron chi connectivity index (χ1n) is 10.3. The Bertz CT molecular complexity index is 1130. The molecule has 0 bridgehead atoms. The van der Waals surface area contributed by atoms with E-state index in [0.29, 0.717) is 23.5 Å². The average molecular weight is 418 g/mol. The first kappa shape index (κ1) is 20.8. The lowest BCUT2D eigenvalue weighted by Gasteiger charge is -2.29. The summed E-state index contributed by atoms with van der Waals surface area (Å²) in [6, 6.07) is 11.8. The van der Waals surface area contributed by atoms with Crippen LogP contribution in [0.4, 0.5) is 4.79 Å². The van der Waals surface area contributed by atoms with E-state index in [0.717, 1.165) is 22.5 Å². The predicted octanol–water partition coefficient (Wildman–Crippen LogP) is 4.30. The second-order valence-corrected chi connectivity index (χ2v) is 8.74. The molecule has 0 aliphatic carbocycles. The molecule has 7 nitrogen and oxygen atoms in total. The van der Waals surface area contributed by atoms with Gasteiger partial charge in [0, 0.05) is 23.9 Å². The number of amides is 1. The molecule has 31 heavy (non-hydrogen) atoms. The molecule has 2 aromatic heterocycles. The lowest BCUT2D eigenvalue weighted by atomic mass is 9.94. The topological polar surface area (TPSA) is 88.2 Å². The molecule has 0 atom stereocenters. The van der Waals surface area contributed by atoms with E-state index in [-0.39, 0.29) is 18.9 Å². The van der Waals surface area contributed by atoms with Gasteiger partial charge in [-0.1, -0.05) is 30.3 Å². The lowest BCUT2D eigenvalue weighted by Crippen LogP contribution is -2.42. The largest absolute Gasteiger partial charge is 0.444 e. The Hall–Kier alpha value is -3.48. The number of carbonyl (C=O) groups excluding carboxylic acids is 2. The molecule has 0 saturated carbocycles. The molecule has 4 rings (SSSR count). The zero-order valence-electron chi connectivity index (χ0n) is 18.2. The van der Waals surface area contributed by atoms with E-state index < -0.39 is 11.7 Å². The molecule has 1 aliphatic heterocycles. The molecule has 1 N–H and O–H groups in total. The third kappa shape index (κ3) is 4.50. The van der Waals surface area contributed by atoms with Crippen molar-refractivity contribution < 1.29 is 14.3 Å². The molecule has 160 valence electrons. The molecule has 0 spiro atoms. The highest BCUT2D eigenvalue weighted by Gasteiger charge is 2.34. The van der Waals surface area contributed by atoms with Crippen molar-refractivity contribution in [2.45, 2.75) is 46.3 Å². The number of H-pyrrole nitrogens is 1. The first-order valence-corrected chi connectivity index (χ1v) is 10.3. The lowest BCUT2D eigenvalue weighted by molar-refractivity contribution is 0.0218. The Morgan fingerprint density at radius 2 is 1.90 bits per heavy atom. The van der Waals surface area contributed by atoms with E-state index in [9.17, 15) is 9.59 Å². The first-order chi connectivity index (χ1) is 14.7. The van der Waals surface area contributed by atoms with Gasteiger partial charge in [-0.05, 0) is 44.9 Å². The molecule has 3 heterocycles. The highest BCUT2D eigenvalue weighted by Crippen LogP contribution is 2.33. The number of ketones is 1. The number of hydrogen-bond donors (Lipinski definition) is 1. The number of carbonyl (C=O) groups is 2. The van der Waals surface area contributed by atoms with E-state index in [1.165, 1.54) is 4.90 Å². The van der Waals surface area contributed by atoms with Crippen LogP contribution in [0.2, 0.25) is 0 Å². The number of aromatic nitrogens is 3. The second kappa shape index (κ2) is 7.98. The number of rotatable bonds is 3. The molecule has 3 aromatic rings. The highest BCUT2D eigenvalue weighted by atomic mass is 16.6. The number of hydrogen-bond acceptors (Lipinski definition) is 5. The number of aromatic amines is 1. The summed E-state index contributed by atoms with van der Waals surface area (Å²) < 4.78 is 5.47. The van der Waals surface area contributed by atoms with Gasteiger partial charge < -0.3 is 9.72 Å². The highest BCUT2D eigenvalue weighted by molar-refractivity contribution is 6.04. The summed E-state index contributed by atoms with van der Waals surface area (Å²) in [7, 11) is 0. The van der Waals surface area contributed by atoms with Gasteiger partial charge in [-0.25, -0.2) is 14.8 Å². The minimum Gasteiger partial charge on any atom is -0.444 e. The summed E-state index contributed by atoms with van der Waals surface area (Å²) in [4.78, 5) is 39.3. The van der Waals surface area contributed by atoms with Crippen LogP contribution >= 0.6 is 0 Å². The normalized spacial score (nSPS) is 13.8. The Morgan fingerprint density at radius 1 is 1.16 bits per heavy atom. The van der Waals surface area contributed by atoms with Crippen LogP contribution in [0, 0.1) is 6.92 Å². The van der Waals surface area contributed by atoms with Crippen LogP contribution in [0.3, 0.4) is 0 Å². The van der Waals surface area contributed by atoms with Crippen LogP contribution in [-0.2, 0) is 17.7 Å². The zero-order chi connectivity index (χ0) is 22.2. The van der Waals surface area contributed by atoms with Crippen LogP contribution < -0.4 is 0 Å². The fourth-order valence-electron chi connectivity index (χ4n) is 3.80. The maximum Gasteiger partial charge on any atom is 0.411 e. The number of nitrogens with zero attached hydrogens (tertiary/aromatic N) is 3. The number of ether oxygens (including phenoxy) is 1. The van der Waals surface area contributed by atoms with E-state index in [4.69, 9.17) is 4.74 Å². The third-order valence-corrected chi connectivity index (χ3v) is 5.05. The van der Waals surface area contributed by atoms with Crippen molar-refractivity contribution in [1.82, 2.24) is 19.9 Å². The van der Waals surface area contributed by atoms with E-state index in [2.05, 4.69) is 15.0 Å². The number of benzene rings is 1. The van der Waals surface area contributed by atoms with Gasteiger partial charge in [-0.2, -0.15) is 0 Å². The molecule has 0 saturated heterocycles. The van der Waals surface area contributed by atoms with Crippen molar-refractivity contribution in [2.24, 2.45) is 0 Å².